The third-order valence-electron chi connectivity index (χ3n) is 6.11. The summed E-state index contributed by atoms with van der Waals surface area (Å²) in [5.41, 5.74) is 10.8. The van der Waals surface area contributed by atoms with Crippen LogP contribution in [0.5, 0.6) is 5.75 Å². The van der Waals surface area contributed by atoms with E-state index >= 15 is 0 Å². The molecule has 1 saturated heterocycles. The summed E-state index contributed by atoms with van der Waals surface area (Å²) >= 11 is 1.48. The summed E-state index contributed by atoms with van der Waals surface area (Å²) in [5, 5.41) is 11.0. The van der Waals surface area contributed by atoms with Crippen molar-refractivity contribution in [3.63, 3.8) is 0 Å². The van der Waals surface area contributed by atoms with Gasteiger partial charge in [-0.3, -0.25) is 10.3 Å². The van der Waals surface area contributed by atoms with E-state index in [1.54, 1.807) is 0 Å². The molecule has 4 N–H and O–H groups in total. The number of fused-ring (bicyclic) bond motifs is 1. The zero-order chi connectivity index (χ0) is 24.9. The van der Waals surface area contributed by atoms with Gasteiger partial charge in [0.1, 0.15) is 15.6 Å². The lowest BCUT2D eigenvalue weighted by molar-refractivity contribution is -0.106. The van der Waals surface area contributed by atoms with Gasteiger partial charge in [0, 0.05) is 37.5 Å². The smallest absolute Gasteiger partial charge is 0.279 e. The Bertz CT molecular complexity index is 1370. The van der Waals surface area contributed by atoms with Crippen LogP contribution in [0, 0.1) is 6.92 Å². The first-order valence-electron chi connectivity index (χ1n) is 12.0. The lowest BCUT2D eigenvalue weighted by Crippen LogP contribution is -2.37. The van der Waals surface area contributed by atoms with Crippen LogP contribution in [-0.2, 0) is 4.74 Å². The molecular formula is C26H30N7O2S+. The second-order valence-corrected chi connectivity index (χ2v) is 9.53. The highest BCUT2D eigenvalue weighted by Crippen LogP contribution is 2.37. The number of hydrogen-bond donors (Lipinski definition) is 2. The average Bonchev–Trinajstić information content (AvgIpc) is 3.48. The fourth-order valence-electron chi connectivity index (χ4n) is 4.33. The first-order chi connectivity index (χ1) is 17.6. The van der Waals surface area contributed by atoms with Crippen LogP contribution in [0.3, 0.4) is 0 Å². The number of hydrogen-bond acceptors (Lipinski definition) is 6. The number of amidine groups is 1. The molecule has 3 aromatic heterocycles. The SMILES string of the molecule is Cc1nn2ccc(OCCCN3CCOCC3)cc2c1-c1nc(-c2ccccc2)c(C(N)=NC=[NH2+])s1. The van der Waals surface area contributed by atoms with E-state index in [2.05, 4.69) is 9.89 Å². The number of nitrogens with two attached hydrogens (primary N) is 2. The molecule has 0 saturated carbocycles. The normalized spacial score (nSPS) is 14.9. The molecule has 0 unspecified atom stereocenters. The first-order valence-corrected chi connectivity index (χ1v) is 12.8. The summed E-state index contributed by atoms with van der Waals surface area (Å²) in [6.07, 6.45) is 4.09. The van der Waals surface area contributed by atoms with E-state index < -0.39 is 0 Å². The summed E-state index contributed by atoms with van der Waals surface area (Å²) < 4.78 is 13.4. The first kappa shape index (κ1) is 24.1. The number of thiazole rings is 1. The van der Waals surface area contributed by atoms with Crippen LogP contribution in [0.25, 0.3) is 27.3 Å². The van der Waals surface area contributed by atoms with E-state index in [-0.39, 0.29) is 0 Å². The molecule has 1 aliphatic rings. The van der Waals surface area contributed by atoms with Gasteiger partial charge >= 0.3 is 0 Å². The van der Waals surface area contributed by atoms with Crippen molar-refractivity contribution in [2.24, 2.45) is 10.7 Å². The van der Waals surface area contributed by atoms with E-state index in [4.69, 9.17) is 30.7 Å². The molecule has 0 amide bonds. The molecule has 5 rings (SSSR count). The van der Waals surface area contributed by atoms with Gasteiger partial charge in [0.05, 0.1) is 42.3 Å². The van der Waals surface area contributed by atoms with E-state index in [1.165, 1.54) is 17.7 Å². The lowest BCUT2D eigenvalue weighted by atomic mass is 10.1. The molecule has 1 aliphatic heterocycles. The molecule has 0 spiro atoms. The van der Waals surface area contributed by atoms with Crippen molar-refractivity contribution >= 4 is 29.0 Å². The molecule has 1 aromatic carbocycles. The van der Waals surface area contributed by atoms with Crippen LogP contribution in [0.15, 0.2) is 53.7 Å². The zero-order valence-corrected chi connectivity index (χ0v) is 21.1. The van der Waals surface area contributed by atoms with Gasteiger partial charge in [0.2, 0.25) is 0 Å². The number of rotatable bonds is 9. The van der Waals surface area contributed by atoms with E-state index in [0.717, 1.165) is 82.9 Å². The number of pyridine rings is 1. The molecule has 4 heterocycles. The van der Waals surface area contributed by atoms with Gasteiger partial charge < -0.3 is 15.2 Å². The summed E-state index contributed by atoms with van der Waals surface area (Å²) in [4.78, 5) is 12.3. The molecule has 4 aromatic rings. The zero-order valence-electron chi connectivity index (χ0n) is 20.3. The van der Waals surface area contributed by atoms with Crippen molar-refractivity contribution in [2.75, 3.05) is 39.5 Å². The highest BCUT2D eigenvalue weighted by molar-refractivity contribution is 7.17. The Balaban J connectivity index is 1.43. The summed E-state index contributed by atoms with van der Waals surface area (Å²) in [6.45, 7) is 7.25. The number of morpholine rings is 1. The minimum atomic E-state index is 0.332. The third kappa shape index (κ3) is 5.15. The van der Waals surface area contributed by atoms with Gasteiger partial charge in [-0.25, -0.2) is 9.50 Å². The van der Waals surface area contributed by atoms with Crippen molar-refractivity contribution in [2.45, 2.75) is 13.3 Å². The highest BCUT2D eigenvalue weighted by atomic mass is 32.1. The summed E-state index contributed by atoms with van der Waals surface area (Å²) in [5.74, 6) is 1.14. The van der Waals surface area contributed by atoms with Gasteiger partial charge in [-0.2, -0.15) is 5.10 Å². The van der Waals surface area contributed by atoms with Crippen molar-refractivity contribution in [3.8, 4) is 27.6 Å². The molecular weight excluding hydrogens is 474 g/mol. The Morgan fingerprint density at radius 2 is 2.06 bits per heavy atom. The van der Waals surface area contributed by atoms with Gasteiger partial charge in [-0.1, -0.05) is 30.3 Å². The topological polar surface area (TPSA) is 116 Å². The standard InChI is InChI=1S/C26H29N7O2S/c1-18-22(26-30-23(19-6-3-2-4-7-19)24(36-26)25(28)29-17-27)21-16-20(8-10-33(21)31-18)35-13-5-9-32-11-14-34-15-12-32/h2-4,6-8,10,16-17H,5,9,11-15H2,1H3,(H3,27,28,29)/p+1. The number of aliphatic imine (C=N–C) groups is 1. The Kier molecular flexibility index (Phi) is 7.36. The van der Waals surface area contributed by atoms with Crippen LogP contribution in [0.2, 0.25) is 0 Å². The number of aryl methyl sites for hydroxylation is 1. The molecule has 0 bridgehead atoms. The van der Waals surface area contributed by atoms with E-state index in [1.807, 2.05) is 60.1 Å². The van der Waals surface area contributed by atoms with Crippen molar-refractivity contribution in [3.05, 3.63) is 59.2 Å². The Hall–Kier alpha value is -3.60. The Labute approximate surface area is 213 Å². The van der Waals surface area contributed by atoms with Crippen molar-refractivity contribution < 1.29 is 14.9 Å². The van der Waals surface area contributed by atoms with E-state index in [9.17, 15) is 0 Å². The number of nitrogens with zero attached hydrogens (tertiary/aromatic N) is 5. The molecule has 0 atom stereocenters. The average molecular weight is 505 g/mol. The van der Waals surface area contributed by atoms with Crippen LogP contribution in [0.1, 0.15) is 17.0 Å². The summed E-state index contributed by atoms with van der Waals surface area (Å²) in [7, 11) is 0. The van der Waals surface area contributed by atoms with Crippen LogP contribution < -0.4 is 15.9 Å². The minimum absolute atomic E-state index is 0.332. The van der Waals surface area contributed by atoms with Crippen molar-refractivity contribution in [1.29, 1.82) is 0 Å². The molecule has 0 aliphatic carbocycles. The second-order valence-electron chi connectivity index (χ2n) is 8.53. The van der Waals surface area contributed by atoms with Gasteiger partial charge in [-0.15, -0.1) is 11.3 Å². The molecule has 1 fully saturated rings. The fourth-order valence-corrected chi connectivity index (χ4v) is 5.43. The predicted octanol–water partition coefficient (Wildman–Crippen LogP) is 2.03. The minimum Gasteiger partial charge on any atom is -0.493 e. The van der Waals surface area contributed by atoms with Crippen LogP contribution in [0.4, 0.5) is 0 Å². The monoisotopic (exact) mass is 504 g/mol. The number of aromatic nitrogens is 3. The number of benzene rings is 1. The Morgan fingerprint density at radius 1 is 1.25 bits per heavy atom. The van der Waals surface area contributed by atoms with E-state index in [0.29, 0.717) is 12.4 Å². The molecule has 9 nitrogen and oxygen atoms in total. The molecule has 186 valence electrons. The van der Waals surface area contributed by atoms with Gasteiger partial charge in [0.15, 0.2) is 0 Å². The van der Waals surface area contributed by atoms with Crippen LogP contribution >= 0.6 is 11.3 Å². The Morgan fingerprint density at radius 3 is 2.83 bits per heavy atom. The number of ether oxygens (including phenoxy) is 2. The third-order valence-corrected chi connectivity index (χ3v) is 7.20. The fraction of sp³-hybridized carbons (Fsp3) is 0.308. The summed E-state index contributed by atoms with van der Waals surface area (Å²) in [6, 6.07) is 13.9. The van der Waals surface area contributed by atoms with Gasteiger partial charge in [-0.05, 0) is 24.4 Å². The maximum absolute atomic E-state index is 6.27. The highest BCUT2D eigenvalue weighted by Gasteiger charge is 2.23. The van der Waals surface area contributed by atoms with Crippen LogP contribution in [-0.4, -0.2) is 71.1 Å². The quantitative estimate of drug-likeness (QED) is 0.205. The molecule has 10 heteroatoms. The second kappa shape index (κ2) is 11.0. The molecule has 0 radical (unpaired) electrons. The largest absolute Gasteiger partial charge is 0.493 e. The maximum atomic E-state index is 6.27. The van der Waals surface area contributed by atoms with Gasteiger partial charge in [0.25, 0.3) is 12.2 Å². The lowest BCUT2D eigenvalue weighted by Gasteiger charge is -2.26. The molecule has 36 heavy (non-hydrogen) atoms. The maximum Gasteiger partial charge on any atom is 0.279 e. The predicted molar refractivity (Wildman–Crippen MR) is 143 cm³/mol. The van der Waals surface area contributed by atoms with Crippen molar-refractivity contribution in [1.82, 2.24) is 19.5 Å².